The Bertz CT molecular complexity index is 727. The maximum Gasteiger partial charge on any atom is 0.243 e. The van der Waals surface area contributed by atoms with Crippen LogP contribution >= 0.6 is 11.3 Å². The van der Waals surface area contributed by atoms with E-state index < -0.39 is 0 Å². The van der Waals surface area contributed by atoms with Crippen molar-refractivity contribution in [3.63, 3.8) is 0 Å². The van der Waals surface area contributed by atoms with E-state index in [0.29, 0.717) is 12.5 Å². The van der Waals surface area contributed by atoms with Gasteiger partial charge in [-0.15, -0.1) is 11.3 Å². The van der Waals surface area contributed by atoms with E-state index >= 15 is 0 Å². The third-order valence-corrected chi connectivity index (χ3v) is 5.02. The molecule has 2 aromatic rings. The molecule has 0 saturated carbocycles. The lowest BCUT2D eigenvalue weighted by Crippen LogP contribution is -2.39. The van der Waals surface area contributed by atoms with Crippen molar-refractivity contribution >= 4 is 23.2 Å². The highest BCUT2D eigenvalue weighted by atomic mass is 32.1. The molecule has 0 bridgehead atoms. The molecule has 0 aliphatic heterocycles. The number of aryl methyl sites for hydroxylation is 1. The lowest BCUT2D eigenvalue weighted by Gasteiger charge is -2.18. The summed E-state index contributed by atoms with van der Waals surface area (Å²) >= 11 is 1.69. The van der Waals surface area contributed by atoms with Crippen LogP contribution in [-0.2, 0) is 17.8 Å². The fraction of sp³-hybridized carbons (Fsp3) is 0.421. The van der Waals surface area contributed by atoms with E-state index in [-0.39, 0.29) is 18.5 Å². The molecule has 2 rings (SSSR count). The van der Waals surface area contributed by atoms with E-state index in [0.717, 1.165) is 17.0 Å². The lowest BCUT2D eigenvalue weighted by atomic mass is 10.1. The Kier molecular flexibility index (Phi) is 7.59. The first-order valence-corrected chi connectivity index (χ1v) is 9.54. The molecule has 140 valence electrons. The highest BCUT2D eigenvalue weighted by Gasteiger charge is 2.10. The second-order valence-corrected chi connectivity index (χ2v) is 7.36. The Morgan fingerprint density at radius 2 is 2.04 bits per heavy atom. The van der Waals surface area contributed by atoms with Gasteiger partial charge < -0.3 is 15.5 Å². The average Bonchev–Trinajstić information content (AvgIpc) is 3.12. The van der Waals surface area contributed by atoms with Crippen molar-refractivity contribution < 1.29 is 4.79 Å². The Hall–Kier alpha value is -2.41. The average molecular weight is 374 g/mol. The molecular weight excluding hydrogens is 346 g/mol. The molecule has 7 heteroatoms. The summed E-state index contributed by atoms with van der Waals surface area (Å²) in [6, 6.07) is 10.2. The van der Waals surface area contributed by atoms with Crippen molar-refractivity contribution in [1.82, 2.24) is 20.5 Å². The zero-order valence-corrected chi connectivity index (χ0v) is 16.6. The summed E-state index contributed by atoms with van der Waals surface area (Å²) in [4.78, 5) is 23.5. The van der Waals surface area contributed by atoms with Gasteiger partial charge >= 0.3 is 0 Å². The Labute approximate surface area is 159 Å². The monoisotopic (exact) mass is 373 g/mol. The number of hydrogen-bond donors (Lipinski definition) is 2. The molecule has 0 fully saturated rings. The second-order valence-electron chi connectivity index (χ2n) is 6.16. The van der Waals surface area contributed by atoms with Crippen LogP contribution in [0.1, 0.15) is 35.3 Å². The Morgan fingerprint density at radius 1 is 1.31 bits per heavy atom. The number of carbonyl (C=O) groups is 1. The summed E-state index contributed by atoms with van der Waals surface area (Å²) < 4.78 is 0. The van der Waals surface area contributed by atoms with Gasteiger partial charge in [0.1, 0.15) is 11.6 Å². The van der Waals surface area contributed by atoms with Crippen LogP contribution in [0, 0.1) is 0 Å². The minimum atomic E-state index is -0.0408. The van der Waals surface area contributed by atoms with Crippen molar-refractivity contribution in [2.75, 3.05) is 20.6 Å². The van der Waals surface area contributed by atoms with E-state index in [9.17, 15) is 4.79 Å². The van der Waals surface area contributed by atoms with Gasteiger partial charge in [0, 0.05) is 25.2 Å². The van der Waals surface area contributed by atoms with Gasteiger partial charge in [0.2, 0.25) is 5.91 Å². The van der Waals surface area contributed by atoms with E-state index in [1.165, 1.54) is 9.78 Å². The van der Waals surface area contributed by atoms with Crippen molar-refractivity contribution in [2.24, 2.45) is 4.99 Å². The first kappa shape index (κ1) is 19.9. The van der Waals surface area contributed by atoms with E-state index in [2.05, 4.69) is 46.6 Å². The molecule has 0 aliphatic rings. The molecule has 1 heterocycles. The number of nitrogens with zero attached hydrogens (tertiary/aromatic N) is 3. The molecule has 6 nitrogen and oxygen atoms in total. The minimum absolute atomic E-state index is 0.0408. The van der Waals surface area contributed by atoms with Crippen molar-refractivity contribution in [3.05, 3.63) is 52.0 Å². The molecule has 26 heavy (non-hydrogen) atoms. The predicted octanol–water partition coefficient (Wildman–Crippen LogP) is 2.59. The van der Waals surface area contributed by atoms with Crippen molar-refractivity contribution in [1.29, 1.82) is 0 Å². The zero-order valence-electron chi connectivity index (χ0n) is 15.8. The summed E-state index contributed by atoms with van der Waals surface area (Å²) in [5.41, 5.74) is 1.16. The van der Waals surface area contributed by atoms with Crippen molar-refractivity contribution in [3.8, 4) is 0 Å². The molecule has 0 spiro atoms. The van der Waals surface area contributed by atoms with Gasteiger partial charge in [-0.1, -0.05) is 37.3 Å². The van der Waals surface area contributed by atoms with E-state index in [4.69, 9.17) is 0 Å². The smallest absolute Gasteiger partial charge is 0.243 e. The van der Waals surface area contributed by atoms with Gasteiger partial charge in [-0.25, -0.2) is 9.98 Å². The molecule has 0 aliphatic carbocycles. The van der Waals surface area contributed by atoms with Crippen molar-refractivity contribution in [2.45, 2.75) is 32.9 Å². The van der Waals surface area contributed by atoms with Crippen LogP contribution in [-0.4, -0.2) is 42.4 Å². The van der Waals surface area contributed by atoms with E-state index in [1.54, 1.807) is 25.4 Å². The van der Waals surface area contributed by atoms with Crippen LogP contribution in [0.15, 0.2) is 41.5 Å². The van der Waals surface area contributed by atoms with E-state index in [1.807, 2.05) is 24.4 Å². The number of thiazole rings is 1. The first-order chi connectivity index (χ1) is 12.5. The summed E-state index contributed by atoms with van der Waals surface area (Å²) in [6.07, 6.45) is 2.90. The van der Waals surface area contributed by atoms with Crippen LogP contribution in [0.3, 0.4) is 0 Å². The molecule has 0 radical (unpaired) electrons. The van der Waals surface area contributed by atoms with Gasteiger partial charge in [0.15, 0.2) is 5.96 Å². The van der Waals surface area contributed by atoms with Crippen LogP contribution < -0.4 is 10.6 Å². The third kappa shape index (κ3) is 6.15. The standard InChI is InChI=1S/C19H27N5OS/c1-5-16-11-20-17(26-16)12-21-19(22-13-18(25)24(3)4)23-14(2)15-9-7-6-8-10-15/h6-11,14H,5,12-13H2,1-4H3,(H2,21,22,23). The Balaban J connectivity index is 2.05. The normalized spacial score (nSPS) is 12.5. The Morgan fingerprint density at radius 3 is 2.65 bits per heavy atom. The number of likely N-dealkylation sites (N-methyl/N-ethyl adjacent to an activating group) is 1. The number of hydrogen-bond acceptors (Lipinski definition) is 4. The summed E-state index contributed by atoms with van der Waals surface area (Å²) in [5.74, 6) is 0.561. The fourth-order valence-corrected chi connectivity index (χ4v) is 3.03. The van der Waals surface area contributed by atoms with Gasteiger partial charge in [-0.05, 0) is 18.9 Å². The predicted molar refractivity (Wildman–Crippen MR) is 107 cm³/mol. The number of aliphatic imine (C=N–C) groups is 1. The summed E-state index contributed by atoms with van der Waals surface area (Å²) in [6.45, 7) is 4.86. The molecular formula is C19H27N5OS. The van der Waals surface area contributed by atoms with Crippen LogP contribution in [0.25, 0.3) is 0 Å². The number of benzene rings is 1. The topological polar surface area (TPSA) is 69.6 Å². The van der Waals surface area contributed by atoms with Gasteiger partial charge in [-0.3, -0.25) is 4.79 Å². The number of amides is 1. The summed E-state index contributed by atoms with van der Waals surface area (Å²) in [7, 11) is 3.46. The molecule has 1 unspecified atom stereocenters. The van der Waals surface area contributed by atoms with Gasteiger partial charge in [-0.2, -0.15) is 0 Å². The maximum absolute atomic E-state index is 11.9. The number of guanidine groups is 1. The number of aromatic nitrogens is 1. The second kappa shape index (κ2) is 9.91. The number of nitrogens with one attached hydrogen (secondary N) is 2. The van der Waals surface area contributed by atoms with Gasteiger partial charge in [0.25, 0.3) is 0 Å². The maximum atomic E-state index is 11.9. The zero-order chi connectivity index (χ0) is 18.9. The molecule has 0 saturated heterocycles. The molecule has 1 aromatic heterocycles. The molecule has 1 aromatic carbocycles. The van der Waals surface area contributed by atoms with Crippen LogP contribution in [0.4, 0.5) is 0 Å². The molecule has 1 atom stereocenters. The largest absolute Gasteiger partial charge is 0.350 e. The fourth-order valence-electron chi connectivity index (χ4n) is 2.22. The highest BCUT2D eigenvalue weighted by molar-refractivity contribution is 7.11. The lowest BCUT2D eigenvalue weighted by molar-refractivity contribution is -0.127. The number of carbonyl (C=O) groups excluding carboxylic acids is 1. The SMILES string of the molecule is CCc1cnc(CNC(=NCC(=O)N(C)C)NC(C)c2ccccc2)s1. The first-order valence-electron chi connectivity index (χ1n) is 8.73. The highest BCUT2D eigenvalue weighted by Crippen LogP contribution is 2.13. The third-order valence-electron chi connectivity index (χ3n) is 3.88. The summed E-state index contributed by atoms with van der Waals surface area (Å²) in [5, 5.41) is 7.65. The minimum Gasteiger partial charge on any atom is -0.350 e. The number of rotatable bonds is 7. The molecule has 1 amide bonds. The van der Waals surface area contributed by atoms with Crippen LogP contribution in [0.5, 0.6) is 0 Å². The molecule has 2 N–H and O–H groups in total. The van der Waals surface area contributed by atoms with Gasteiger partial charge in [0.05, 0.1) is 12.6 Å². The van der Waals surface area contributed by atoms with Crippen LogP contribution in [0.2, 0.25) is 0 Å². The quantitative estimate of drug-likeness (QED) is 0.578.